The van der Waals surface area contributed by atoms with Gasteiger partial charge < -0.3 is 10.1 Å². The molecule has 0 amide bonds. The Morgan fingerprint density at radius 2 is 1.83 bits per heavy atom. The molecule has 0 saturated heterocycles. The summed E-state index contributed by atoms with van der Waals surface area (Å²) in [7, 11) is 0. The smallest absolute Gasteiger partial charge is 0.311 e. The molecular weight excluding hydrogens is 464 g/mol. The molecule has 0 aliphatic heterocycles. The average Bonchev–Trinajstić information content (AvgIpc) is 3.53. The summed E-state index contributed by atoms with van der Waals surface area (Å²) in [6, 6.07) is 15.9. The summed E-state index contributed by atoms with van der Waals surface area (Å²) in [4.78, 5) is 28.5. The summed E-state index contributed by atoms with van der Waals surface area (Å²) in [6.45, 7) is 4.69. The molecule has 0 saturated carbocycles. The molecule has 10 heteroatoms. The van der Waals surface area contributed by atoms with Gasteiger partial charge in [0.15, 0.2) is 11.0 Å². The molecule has 1 N–H and O–H groups in total. The third-order valence-corrected chi connectivity index (χ3v) is 6.08. The maximum Gasteiger partial charge on any atom is 0.311 e. The van der Waals surface area contributed by atoms with Crippen LogP contribution in [0.5, 0.6) is 0 Å². The number of ether oxygens (including phenoxy) is 1. The molecule has 0 unspecified atom stereocenters. The van der Waals surface area contributed by atoms with Gasteiger partial charge in [-0.3, -0.25) is 9.59 Å². The van der Waals surface area contributed by atoms with Crippen LogP contribution in [0.25, 0.3) is 22.5 Å². The van der Waals surface area contributed by atoms with E-state index in [2.05, 4.69) is 25.8 Å². The molecule has 2 aromatic carbocycles. The molecule has 9 nitrogen and oxygen atoms in total. The second-order valence-electron chi connectivity index (χ2n) is 7.78. The Hall–Kier alpha value is -3.92. The van der Waals surface area contributed by atoms with Gasteiger partial charge in [0, 0.05) is 23.9 Å². The first-order valence-corrected chi connectivity index (χ1v) is 12.3. The van der Waals surface area contributed by atoms with Gasteiger partial charge in [-0.25, -0.2) is 4.98 Å². The van der Waals surface area contributed by atoms with E-state index in [0.717, 1.165) is 33.8 Å². The van der Waals surface area contributed by atoms with Crippen LogP contribution < -0.4 is 5.32 Å². The highest BCUT2D eigenvalue weighted by Crippen LogP contribution is 2.31. The maximum atomic E-state index is 12.5. The molecule has 4 rings (SSSR count). The molecule has 0 atom stereocenters. The lowest BCUT2D eigenvalue weighted by atomic mass is 9.98. The quantitative estimate of drug-likeness (QED) is 0.253. The molecule has 0 aliphatic carbocycles. The molecular formula is C25H26N6O3S. The Morgan fingerprint density at radius 3 is 2.57 bits per heavy atom. The second-order valence-corrected chi connectivity index (χ2v) is 8.64. The molecule has 2 aromatic heterocycles. The first kappa shape index (κ1) is 24.2. The number of carbonyl (C=O) groups is 2. The van der Waals surface area contributed by atoms with E-state index in [4.69, 9.17) is 4.74 Å². The number of benzene rings is 2. The van der Waals surface area contributed by atoms with Crippen molar-refractivity contribution in [1.82, 2.24) is 25.2 Å². The Balaban J connectivity index is 1.46. The molecule has 35 heavy (non-hydrogen) atoms. The molecule has 180 valence electrons. The lowest BCUT2D eigenvalue weighted by Gasteiger charge is -2.10. The van der Waals surface area contributed by atoms with Crippen molar-refractivity contribution >= 4 is 28.3 Å². The topological polar surface area (TPSA) is 112 Å². The second kappa shape index (κ2) is 11.5. The maximum absolute atomic E-state index is 12.5. The summed E-state index contributed by atoms with van der Waals surface area (Å²) < 4.78 is 6.25. The van der Waals surface area contributed by atoms with Crippen LogP contribution in [0, 0.1) is 0 Å². The van der Waals surface area contributed by atoms with Crippen LogP contribution in [0.4, 0.5) is 5.13 Å². The lowest BCUT2D eigenvalue weighted by Crippen LogP contribution is -2.13. The van der Waals surface area contributed by atoms with Crippen LogP contribution in [0.2, 0.25) is 0 Å². The minimum absolute atomic E-state index is 0.128. The predicted molar refractivity (Wildman–Crippen MR) is 134 cm³/mol. The number of carbonyl (C=O) groups excluding carboxylic acids is 2. The van der Waals surface area contributed by atoms with Crippen molar-refractivity contribution in [3.8, 4) is 22.5 Å². The van der Waals surface area contributed by atoms with Gasteiger partial charge in [-0.05, 0) is 40.5 Å². The number of rotatable bonds is 10. The van der Waals surface area contributed by atoms with Crippen molar-refractivity contribution in [3.05, 3.63) is 65.2 Å². The summed E-state index contributed by atoms with van der Waals surface area (Å²) >= 11 is 1.46. The molecule has 0 radical (unpaired) electrons. The van der Waals surface area contributed by atoms with Crippen molar-refractivity contribution in [1.29, 1.82) is 0 Å². The number of thiazole rings is 1. The standard InChI is InChI=1S/C25H26N6O3S/c1-3-7-22(32)31-24(28-29-30-31)21-9-6-5-8-20(21)18-12-10-17(11-13-18)15-26-25-27-19(16-35-25)14-23(33)34-4-2/h5-6,8-13,16H,3-4,7,14-15H2,1-2H3,(H,26,27). The van der Waals surface area contributed by atoms with Crippen molar-refractivity contribution in [3.63, 3.8) is 0 Å². The first-order valence-electron chi connectivity index (χ1n) is 11.4. The van der Waals surface area contributed by atoms with Gasteiger partial charge in [0.05, 0.1) is 18.7 Å². The zero-order valence-electron chi connectivity index (χ0n) is 19.6. The first-order chi connectivity index (χ1) is 17.1. The van der Waals surface area contributed by atoms with E-state index in [9.17, 15) is 9.59 Å². The SMILES string of the molecule is CCCC(=O)n1nnnc1-c1ccccc1-c1ccc(CNc2nc(CC(=O)OCC)cs2)cc1. The van der Waals surface area contributed by atoms with Crippen molar-refractivity contribution in [2.75, 3.05) is 11.9 Å². The van der Waals surface area contributed by atoms with Crippen LogP contribution in [0.15, 0.2) is 53.9 Å². The van der Waals surface area contributed by atoms with Gasteiger partial charge in [-0.2, -0.15) is 4.68 Å². The van der Waals surface area contributed by atoms with Crippen LogP contribution >= 0.6 is 11.3 Å². The molecule has 0 fully saturated rings. The van der Waals surface area contributed by atoms with E-state index in [1.807, 2.05) is 60.8 Å². The van der Waals surface area contributed by atoms with Gasteiger partial charge in [0.25, 0.3) is 0 Å². The summed E-state index contributed by atoms with van der Waals surface area (Å²) in [6.07, 6.45) is 1.28. The third kappa shape index (κ3) is 5.96. The third-order valence-electron chi connectivity index (χ3n) is 5.23. The Kier molecular flexibility index (Phi) is 7.94. The number of tetrazole rings is 1. The molecule has 0 spiro atoms. The number of hydrogen-bond acceptors (Lipinski definition) is 9. The number of anilines is 1. The highest BCUT2D eigenvalue weighted by molar-refractivity contribution is 7.13. The Labute approximate surface area is 207 Å². The lowest BCUT2D eigenvalue weighted by molar-refractivity contribution is -0.142. The van der Waals surface area contributed by atoms with Crippen LogP contribution in [-0.2, 0) is 22.5 Å². The molecule has 0 aliphatic rings. The monoisotopic (exact) mass is 490 g/mol. The van der Waals surface area contributed by atoms with Crippen molar-refractivity contribution in [2.45, 2.75) is 39.7 Å². The number of aromatic nitrogens is 5. The molecule has 0 bridgehead atoms. The van der Waals surface area contributed by atoms with Gasteiger partial charge in [0.2, 0.25) is 5.91 Å². The Bertz CT molecular complexity index is 1300. The number of esters is 1. The van der Waals surface area contributed by atoms with E-state index in [1.165, 1.54) is 16.0 Å². The number of nitrogens with zero attached hydrogens (tertiary/aromatic N) is 5. The summed E-state index contributed by atoms with van der Waals surface area (Å²) in [5.41, 5.74) is 4.51. The van der Waals surface area contributed by atoms with Crippen molar-refractivity contribution < 1.29 is 14.3 Å². The van der Waals surface area contributed by atoms with Crippen LogP contribution in [0.1, 0.15) is 42.7 Å². The number of hydrogen-bond donors (Lipinski definition) is 1. The summed E-state index contributed by atoms with van der Waals surface area (Å²) in [5.74, 6) is 0.0347. The normalized spacial score (nSPS) is 10.8. The van der Waals surface area contributed by atoms with Crippen molar-refractivity contribution in [2.24, 2.45) is 0 Å². The van der Waals surface area contributed by atoms with E-state index >= 15 is 0 Å². The van der Waals surface area contributed by atoms with Gasteiger partial charge in [0.1, 0.15) is 0 Å². The highest BCUT2D eigenvalue weighted by atomic mass is 32.1. The van der Waals surface area contributed by atoms with Crippen LogP contribution in [0.3, 0.4) is 0 Å². The molecule has 2 heterocycles. The largest absolute Gasteiger partial charge is 0.466 e. The van der Waals surface area contributed by atoms with Gasteiger partial charge >= 0.3 is 5.97 Å². The fraction of sp³-hybridized carbons (Fsp3) is 0.280. The predicted octanol–water partition coefficient (Wildman–Crippen LogP) is 4.62. The minimum Gasteiger partial charge on any atom is -0.466 e. The zero-order valence-corrected chi connectivity index (χ0v) is 20.4. The summed E-state index contributed by atoms with van der Waals surface area (Å²) in [5, 5.41) is 17.7. The fourth-order valence-corrected chi connectivity index (χ4v) is 4.29. The Morgan fingerprint density at radius 1 is 1.06 bits per heavy atom. The van der Waals surface area contributed by atoms with E-state index < -0.39 is 0 Å². The fourth-order valence-electron chi connectivity index (χ4n) is 3.58. The minimum atomic E-state index is -0.274. The van der Waals surface area contributed by atoms with E-state index in [0.29, 0.717) is 31.1 Å². The van der Waals surface area contributed by atoms with E-state index in [1.54, 1.807) is 6.92 Å². The van der Waals surface area contributed by atoms with Crippen LogP contribution in [-0.4, -0.2) is 43.7 Å². The van der Waals surface area contributed by atoms with Gasteiger partial charge in [-0.1, -0.05) is 55.5 Å². The van der Waals surface area contributed by atoms with Gasteiger partial charge in [-0.15, -0.1) is 16.4 Å². The number of nitrogens with one attached hydrogen (secondary N) is 1. The van der Waals surface area contributed by atoms with E-state index in [-0.39, 0.29) is 18.3 Å². The highest BCUT2D eigenvalue weighted by Gasteiger charge is 2.18. The zero-order chi connectivity index (χ0) is 24.6. The average molecular weight is 491 g/mol. The molecule has 4 aromatic rings.